The molecule has 2 aliphatic heterocycles. The predicted octanol–water partition coefficient (Wildman–Crippen LogP) is 5.21. The first kappa shape index (κ1) is 19.5. The molecule has 2 atom stereocenters. The van der Waals surface area contributed by atoms with Crippen molar-refractivity contribution in [3.63, 3.8) is 0 Å². The zero-order chi connectivity index (χ0) is 19.5. The Kier molecular flexibility index (Phi) is 6.07. The van der Waals surface area contributed by atoms with Gasteiger partial charge in [0.1, 0.15) is 11.5 Å². The number of furan rings is 1. The Hall–Kier alpha value is -1.78. The fourth-order valence-electron chi connectivity index (χ4n) is 4.67. The van der Waals surface area contributed by atoms with Crippen LogP contribution in [-0.4, -0.2) is 41.4 Å². The molecule has 0 spiro atoms. The van der Waals surface area contributed by atoms with Crippen LogP contribution in [-0.2, 0) is 11.3 Å². The Labute approximate surface area is 172 Å². The van der Waals surface area contributed by atoms with Crippen LogP contribution in [0, 0.1) is 5.92 Å². The van der Waals surface area contributed by atoms with Crippen molar-refractivity contribution in [3.05, 3.63) is 47.2 Å². The Balaban J connectivity index is 1.38. The van der Waals surface area contributed by atoms with Crippen molar-refractivity contribution in [2.45, 2.75) is 51.6 Å². The number of rotatable bonds is 6. The first-order chi connectivity index (χ1) is 13.6. The highest BCUT2D eigenvalue weighted by atomic mass is 35.5. The van der Waals surface area contributed by atoms with Crippen molar-refractivity contribution < 1.29 is 9.21 Å². The van der Waals surface area contributed by atoms with Crippen molar-refractivity contribution in [3.8, 4) is 11.3 Å². The number of fused-ring (bicyclic) bond motifs is 1. The minimum absolute atomic E-state index is 0.361. The van der Waals surface area contributed by atoms with E-state index in [9.17, 15) is 4.79 Å². The number of unbranched alkanes of at least 4 members (excludes halogenated alkanes) is 1. The van der Waals surface area contributed by atoms with E-state index in [1.165, 1.54) is 0 Å². The molecule has 0 saturated carbocycles. The summed E-state index contributed by atoms with van der Waals surface area (Å²) in [7, 11) is 0. The van der Waals surface area contributed by atoms with E-state index in [1.54, 1.807) is 0 Å². The normalized spacial score (nSPS) is 23.1. The SMILES string of the molecule is CCCCN1C(=O)CC[C@H]2CN(Cc3ccc(-c4cccc(Cl)c4)o3)CC[C@H]21. The quantitative estimate of drug-likeness (QED) is 0.667. The number of hydrogen-bond donors (Lipinski definition) is 0. The van der Waals surface area contributed by atoms with Crippen molar-refractivity contribution >= 4 is 17.5 Å². The molecular weight excluding hydrogens is 372 g/mol. The second-order valence-corrected chi connectivity index (χ2v) is 8.54. The third-order valence-electron chi connectivity index (χ3n) is 6.13. The van der Waals surface area contributed by atoms with E-state index >= 15 is 0 Å². The summed E-state index contributed by atoms with van der Waals surface area (Å²) in [5, 5.41) is 0.719. The van der Waals surface area contributed by atoms with E-state index in [0.717, 1.165) is 74.0 Å². The lowest BCUT2D eigenvalue weighted by atomic mass is 9.83. The van der Waals surface area contributed by atoms with Crippen LogP contribution in [0.4, 0.5) is 0 Å². The van der Waals surface area contributed by atoms with E-state index in [0.29, 0.717) is 24.3 Å². The number of piperidine rings is 2. The zero-order valence-electron chi connectivity index (χ0n) is 16.6. The van der Waals surface area contributed by atoms with Gasteiger partial charge in [-0.15, -0.1) is 0 Å². The molecule has 0 aliphatic carbocycles. The van der Waals surface area contributed by atoms with Crippen LogP contribution >= 0.6 is 11.6 Å². The first-order valence-corrected chi connectivity index (χ1v) is 10.9. The van der Waals surface area contributed by atoms with Crippen LogP contribution in [0.25, 0.3) is 11.3 Å². The van der Waals surface area contributed by atoms with Crippen LogP contribution in [0.2, 0.25) is 5.02 Å². The van der Waals surface area contributed by atoms with Gasteiger partial charge in [-0.3, -0.25) is 9.69 Å². The Bertz CT molecular complexity index is 818. The average molecular weight is 401 g/mol. The predicted molar refractivity (Wildman–Crippen MR) is 112 cm³/mol. The molecule has 3 heterocycles. The summed E-state index contributed by atoms with van der Waals surface area (Å²) in [6, 6.07) is 12.3. The summed E-state index contributed by atoms with van der Waals surface area (Å²) in [6.07, 6.45) is 5.05. The average Bonchev–Trinajstić information content (AvgIpc) is 3.16. The van der Waals surface area contributed by atoms with Crippen LogP contribution in [0.15, 0.2) is 40.8 Å². The summed E-state index contributed by atoms with van der Waals surface area (Å²) >= 11 is 6.10. The minimum atomic E-state index is 0.361. The maximum absolute atomic E-state index is 12.4. The summed E-state index contributed by atoms with van der Waals surface area (Å²) in [4.78, 5) is 17.0. The molecule has 1 aromatic heterocycles. The number of amides is 1. The summed E-state index contributed by atoms with van der Waals surface area (Å²) in [5.41, 5.74) is 1.01. The highest BCUT2D eigenvalue weighted by Crippen LogP contribution is 2.33. The number of hydrogen-bond acceptors (Lipinski definition) is 3. The van der Waals surface area contributed by atoms with Gasteiger partial charge < -0.3 is 9.32 Å². The van der Waals surface area contributed by atoms with Crippen LogP contribution < -0.4 is 0 Å². The molecule has 4 nitrogen and oxygen atoms in total. The van der Waals surface area contributed by atoms with Crippen LogP contribution in [0.5, 0.6) is 0 Å². The maximum atomic E-state index is 12.4. The highest BCUT2D eigenvalue weighted by molar-refractivity contribution is 6.30. The van der Waals surface area contributed by atoms with E-state index in [4.69, 9.17) is 16.0 Å². The third-order valence-corrected chi connectivity index (χ3v) is 6.37. The van der Waals surface area contributed by atoms with Crippen molar-refractivity contribution in [2.24, 2.45) is 5.92 Å². The largest absolute Gasteiger partial charge is 0.460 e. The van der Waals surface area contributed by atoms with Crippen molar-refractivity contribution in [1.29, 1.82) is 0 Å². The van der Waals surface area contributed by atoms with Gasteiger partial charge in [-0.05, 0) is 49.4 Å². The lowest BCUT2D eigenvalue weighted by molar-refractivity contribution is -0.141. The van der Waals surface area contributed by atoms with Gasteiger partial charge in [0, 0.05) is 42.7 Å². The molecule has 0 N–H and O–H groups in total. The zero-order valence-corrected chi connectivity index (χ0v) is 17.3. The topological polar surface area (TPSA) is 36.7 Å². The molecule has 5 heteroatoms. The monoisotopic (exact) mass is 400 g/mol. The molecule has 1 aromatic carbocycles. The molecule has 2 saturated heterocycles. The number of halogens is 1. The molecule has 0 bridgehead atoms. The maximum Gasteiger partial charge on any atom is 0.222 e. The van der Waals surface area contributed by atoms with Crippen molar-refractivity contribution in [1.82, 2.24) is 9.80 Å². The van der Waals surface area contributed by atoms with Gasteiger partial charge in [0.2, 0.25) is 5.91 Å². The molecule has 4 rings (SSSR count). The van der Waals surface area contributed by atoms with E-state index in [1.807, 2.05) is 30.3 Å². The van der Waals surface area contributed by atoms with Gasteiger partial charge in [0.15, 0.2) is 0 Å². The number of nitrogens with zero attached hydrogens (tertiary/aromatic N) is 2. The Morgan fingerprint density at radius 3 is 2.93 bits per heavy atom. The second kappa shape index (κ2) is 8.71. The lowest BCUT2D eigenvalue weighted by Gasteiger charge is -2.47. The number of benzene rings is 1. The number of likely N-dealkylation sites (tertiary alicyclic amines) is 2. The lowest BCUT2D eigenvalue weighted by Crippen LogP contribution is -2.55. The fraction of sp³-hybridized carbons (Fsp3) is 0.522. The molecule has 2 fully saturated rings. The standard InChI is InChI=1S/C23H29ClN2O2/c1-2-3-12-26-21-11-13-25(15-18(21)7-10-23(26)27)16-20-8-9-22(28-20)17-5-4-6-19(24)14-17/h4-6,8-9,14,18,21H,2-3,7,10-13,15-16H2,1H3/t18-,21+/m0/s1. The Morgan fingerprint density at radius 2 is 2.11 bits per heavy atom. The van der Waals surface area contributed by atoms with Gasteiger partial charge >= 0.3 is 0 Å². The van der Waals surface area contributed by atoms with Crippen LogP contribution in [0.3, 0.4) is 0 Å². The van der Waals surface area contributed by atoms with Gasteiger partial charge in [-0.1, -0.05) is 37.1 Å². The van der Waals surface area contributed by atoms with E-state index in [2.05, 4.69) is 22.8 Å². The second-order valence-electron chi connectivity index (χ2n) is 8.11. The molecule has 2 aromatic rings. The van der Waals surface area contributed by atoms with Crippen molar-refractivity contribution in [2.75, 3.05) is 19.6 Å². The molecule has 0 radical (unpaired) electrons. The van der Waals surface area contributed by atoms with Gasteiger partial charge in [-0.25, -0.2) is 0 Å². The molecule has 2 aliphatic rings. The van der Waals surface area contributed by atoms with Gasteiger partial charge in [0.05, 0.1) is 6.54 Å². The minimum Gasteiger partial charge on any atom is -0.460 e. The highest BCUT2D eigenvalue weighted by Gasteiger charge is 2.38. The smallest absolute Gasteiger partial charge is 0.222 e. The van der Waals surface area contributed by atoms with Gasteiger partial charge in [0.25, 0.3) is 0 Å². The molecule has 28 heavy (non-hydrogen) atoms. The Morgan fingerprint density at radius 1 is 1.21 bits per heavy atom. The van der Waals surface area contributed by atoms with E-state index in [-0.39, 0.29) is 0 Å². The number of carbonyl (C=O) groups is 1. The van der Waals surface area contributed by atoms with Gasteiger partial charge in [-0.2, -0.15) is 0 Å². The van der Waals surface area contributed by atoms with Crippen LogP contribution in [0.1, 0.15) is 44.8 Å². The molecular formula is C23H29ClN2O2. The first-order valence-electron chi connectivity index (χ1n) is 10.5. The third kappa shape index (κ3) is 4.28. The molecule has 150 valence electrons. The molecule has 1 amide bonds. The summed E-state index contributed by atoms with van der Waals surface area (Å²) in [6.45, 7) is 6.01. The summed E-state index contributed by atoms with van der Waals surface area (Å²) < 4.78 is 6.09. The molecule has 0 unspecified atom stereocenters. The van der Waals surface area contributed by atoms with E-state index < -0.39 is 0 Å². The number of carbonyl (C=O) groups excluding carboxylic acids is 1. The summed E-state index contributed by atoms with van der Waals surface area (Å²) in [5.74, 6) is 2.80. The fourth-order valence-corrected chi connectivity index (χ4v) is 4.86.